The van der Waals surface area contributed by atoms with Crippen molar-refractivity contribution in [2.75, 3.05) is 13.2 Å². The molecule has 0 radical (unpaired) electrons. The van der Waals surface area contributed by atoms with E-state index in [-0.39, 0.29) is 0 Å². The first-order valence-corrected chi connectivity index (χ1v) is 27.9. The fraction of sp³-hybridized carbons (Fsp3) is 0.587. The number of hydrogen-bond acceptors (Lipinski definition) is 4. The van der Waals surface area contributed by atoms with Gasteiger partial charge in [-0.1, -0.05) is 231 Å². The molecule has 4 aromatic rings. The van der Waals surface area contributed by atoms with E-state index in [0.29, 0.717) is 0 Å². The second-order valence-corrected chi connectivity index (χ2v) is 19.5. The molecule has 0 aliphatic rings. The third-order valence-corrected chi connectivity index (χ3v) is 13.3. The Morgan fingerprint density at radius 1 is 0.299 bits per heavy atom. The van der Waals surface area contributed by atoms with Gasteiger partial charge in [0.05, 0.1) is 24.6 Å². The van der Waals surface area contributed by atoms with Gasteiger partial charge in [0.2, 0.25) is 0 Å². The van der Waals surface area contributed by atoms with Crippen LogP contribution in [0.2, 0.25) is 0 Å². The van der Waals surface area contributed by atoms with E-state index in [2.05, 4.69) is 111 Å². The molecule has 0 amide bonds. The highest BCUT2D eigenvalue weighted by atomic mass is 16.5. The van der Waals surface area contributed by atoms with Crippen LogP contribution in [0.25, 0.3) is 0 Å². The number of nitrogens with zero attached hydrogens (tertiary/aromatic N) is 2. The molecule has 0 saturated heterocycles. The summed E-state index contributed by atoms with van der Waals surface area (Å²) in [6.45, 7) is 6.18. The number of unbranched alkanes of at least 4 members (excludes halogenated alkanes) is 30. The van der Waals surface area contributed by atoms with Crippen LogP contribution >= 0.6 is 0 Å². The summed E-state index contributed by atoms with van der Waals surface area (Å²) in [7, 11) is 0. The van der Waals surface area contributed by atoms with Gasteiger partial charge in [0, 0.05) is 12.4 Å². The summed E-state index contributed by atoms with van der Waals surface area (Å²) in [5.74, 6) is 1.88. The summed E-state index contributed by atoms with van der Waals surface area (Å²) in [6.07, 6.45) is 49.1. The molecule has 368 valence electrons. The Morgan fingerprint density at radius 2 is 0.552 bits per heavy atom. The number of ether oxygens (including phenoxy) is 2. The van der Waals surface area contributed by atoms with E-state index in [0.717, 1.165) is 66.5 Å². The Morgan fingerprint density at radius 3 is 0.821 bits per heavy atom. The number of rotatable bonds is 42. The maximum Gasteiger partial charge on any atom is 0.119 e. The molecule has 0 bridgehead atoms. The van der Waals surface area contributed by atoms with Crippen LogP contribution in [0.5, 0.6) is 11.5 Å². The van der Waals surface area contributed by atoms with Gasteiger partial charge in [-0.25, -0.2) is 0 Å². The Hall–Kier alpha value is -4.18. The molecular formula is C63H94N2O2. The molecule has 4 rings (SSSR count). The first kappa shape index (κ1) is 55.4. The minimum Gasteiger partial charge on any atom is -0.494 e. The molecule has 0 aliphatic carbocycles. The van der Waals surface area contributed by atoms with Crippen molar-refractivity contribution < 1.29 is 9.47 Å². The maximum absolute atomic E-state index is 6.03. The standard InChI is InChI=1S/C63H94N2O2/c1-3-5-7-9-11-13-15-17-19-21-23-25-27-29-31-33-51-66-62-47-39-58(40-48-62)54-64-60-43-35-56(36-44-60)53-57-37-45-61(46-38-57)65-55-59-41-49-63(50-42-59)67-52-34-32-30-28-26-24-22-20-18-16-14-12-10-8-6-4-2/h35-50,54-55H,3-34,51-53H2,1-2H3. The molecule has 4 aromatic carbocycles. The first-order chi connectivity index (χ1) is 33.2. The Bertz CT molecular complexity index is 1650. The molecule has 0 N–H and O–H groups in total. The number of benzene rings is 4. The lowest BCUT2D eigenvalue weighted by molar-refractivity contribution is 0.304. The third kappa shape index (κ3) is 28.7. The molecule has 0 spiro atoms. The van der Waals surface area contributed by atoms with Gasteiger partial charge >= 0.3 is 0 Å². The zero-order chi connectivity index (χ0) is 46.9. The van der Waals surface area contributed by atoms with Gasteiger partial charge in [0.1, 0.15) is 11.5 Å². The molecule has 0 heterocycles. The van der Waals surface area contributed by atoms with E-state index in [1.165, 1.54) is 204 Å². The SMILES string of the molecule is CCCCCCCCCCCCCCCCCCOc1ccc(C=Nc2ccc(Cc3ccc(N=Cc4ccc(OCCCCCCCCCCCCCCCCCC)cc4)cc3)cc2)cc1. The summed E-state index contributed by atoms with van der Waals surface area (Å²) in [6, 6.07) is 33.6. The van der Waals surface area contributed by atoms with Gasteiger partial charge < -0.3 is 9.47 Å². The monoisotopic (exact) mass is 911 g/mol. The molecule has 4 heteroatoms. The van der Waals surface area contributed by atoms with Crippen molar-refractivity contribution in [3.8, 4) is 11.5 Å². The molecule has 0 unspecified atom stereocenters. The minimum absolute atomic E-state index is 0.793. The van der Waals surface area contributed by atoms with Gasteiger partial charge in [-0.05, 0) is 114 Å². The van der Waals surface area contributed by atoms with Crippen molar-refractivity contribution in [1.82, 2.24) is 0 Å². The van der Waals surface area contributed by atoms with Crippen molar-refractivity contribution >= 4 is 23.8 Å². The zero-order valence-electron chi connectivity index (χ0n) is 42.9. The van der Waals surface area contributed by atoms with Crippen LogP contribution in [0.15, 0.2) is 107 Å². The fourth-order valence-electron chi connectivity index (χ4n) is 8.91. The third-order valence-electron chi connectivity index (χ3n) is 13.3. The highest BCUT2D eigenvalue weighted by molar-refractivity contribution is 5.82. The topological polar surface area (TPSA) is 43.2 Å². The average molecular weight is 911 g/mol. The normalized spacial score (nSPS) is 11.6. The van der Waals surface area contributed by atoms with Crippen molar-refractivity contribution in [3.05, 3.63) is 119 Å². The average Bonchev–Trinajstić information content (AvgIpc) is 3.36. The maximum atomic E-state index is 6.03. The largest absolute Gasteiger partial charge is 0.494 e. The summed E-state index contributed by atoms with van der Waals surface area (Å²) in [4.78, 5) is 9.45. The van der Waals surface area contributed by atoms with Crippen LogP contribution in [-0.4, -0.2) is 25.6 Å². The van der Waals surface area contributed by atoms with Crippen LogP contribution in [0, 0.1) is 0 Å². The molecule has 4 nitrogen and oxygen atoms in total. The van der Waals surface area contributed by atoms with Gasteiger partial charge in [-0.15, -0.1) is 0 Å². The molecule has 0 aromatic heterocycles. The smallest absolute Gasteiger partial charge is 0.119 e. The van der Waals surface area contributed by atoms with Crippen LogP contribution in [0.1, 0.15) is 242 Å². The second kappa shape index (κ2) is 38.8. The highest BCUT2D eigenvalue weighted by Crippen LogP contribution is 2.21. The van der Waals surface area contributed by atoms with E-state index in [1.54, 1.807) is 0 Å². The predicted molar refractivity (Wildman–Crippen MR) is 293 cm³/mol. The van der Waals surface area contributed by atoms with E-state index in [1.807, 2.05) is 12.4 Å². The van der Waals surface area contributed by atoms with Crippen LogP contribution < -0.4 is 9.47 Å². The summed E-state index contributed by atoms with van der Waals surface area (Å²) in [5.41, 5.74) is 6.57. The van der Waals surface area contributed by atoms with Crippen molar-refractivity contribution in [2.24, 2.45) is 9.98 Å². The van der Waals surface area contributed by atoms with E-state index >= 15 is 0 Å². The van der Waals surface area contributed by atoms with Gasteiger partial charge in [-0.2, -0.15) is 0 Å². The molecule has 0 aliphatic heterocycles. The minimum atomic E-state index is 0.793. The summed E-state index contributed by atoms with van der Waals surface area (Å²) >= 11 is 0. The van der Waals surface area contributed by atoms with Crippen LogP contribution in [-0.2, 0) is 6.42 Å². The van der Waals surface area contributed by atoms with Gasteiger partial charge in [-0.3, -0.25) is 9.98 Å². The molecule has 0 fully saturated rings. The molecule has 67 heavy (non-hydrogen) atoms. The second-order valence-electron chi connectivity index (χ2n) is 19.5. The van der Waals surface area contributed by atoms with Gasteiger partial charge in [0.15, 0.2) is 0 Å². The molecular weight excluding hydrogens is 817 g/mol. The quantitative estimate of drug-likeness (QED) is 0.0328. The van der Waals surface area contributed by atoms with Gasteiger partial charge in [0.25, 0.3) is 0 Å². The summed E-state index contributed by atoms with van der Waals surface area (Å²) < 4.78 is 12.1. The Labute approximate surface area is 411 Å². The summed E-state index contributed by atoms with van der Waals surface area (Å²) in [5, 5.41) is 0. The Kier molecular flexibility index (Phi) is 32.1. The fourth-order valence-corrected chi connectivity index (χ4v) is 8.91. The lowest BCUT2D eigenvalue weighted by Crippen LogP contribution is -1.97. The lowest BCUT2D eigenvalue weighted by Gasteiger charge is -2.07. The lowest BCUT2D eigenvalue weighted by atomic mass is 10.0. The van der Waals surface area contributed by atoms with E-state index < -0.39 is 0 Å². The van der Waals surface area contributed by atoms with E-state index in [4.69, 9.17) is 19.5 Å². The number of aliphatic imine (C=N–C) groups is 2. The Balaban J connectivity index is 0.983. The van der Waals surface area contributed by atoms with E-state index in [9.17, 15) is 0 Å². The predicted octanol–water partition coefficient (Wildman–Crippen LogP) is 20.1. The number of hydrogen-bond donors (Lipinski definition) is 0. The van der Waals surface area contributed by atoms with Crippen molar-refractivity contribution in [3.63, 3.8) is 0 Å². The first-order valence-electron chi connectivity index (χ1n) is 27.9. The zero-order valence-corrected chi connectivity index (χ0v) is 42.9. The molecule has 0 saturated carbocycles. The van der Waals surface area contributed by atoms with Crippen LogP contribution in [0.3, 0.4) is 0 Å². The van der Waals surface area contributed by atoms with Crippen LogP contribution in [0.4, 0.5) is 11.4 Å². The van der Waals surface area contributed by atoms with Crippen molar-refractivity contribution in [2.45, 2.75) is 226 Å². The highest BCUT2D eigenvalue weighted by Gasteiger charge is 2.02. The van der Waals surface area contributed by atoms with Crippen molar-refractivity contribution in [1.29, 1.82) is 0 Å². The molecule has 0 atom stereocenters.